The van der Waals surface area contributed by atoms with Crippen molar-refractivity contribution in [1.29, 1.82) is 0 Å². The number of carbonyl (C=O) groups excluding carboxylic acids is 2. The summed E-state index contributed by atoms with van der Waals surface area (Å²) in [5, 5.41) is 3.15. The van der Waals surface area contributed by atoms with Gasteiger partial charge in [-0.25, -0.2) is 9.97 Å². The van der Waals surface area contributed by atoms with Crippen molar-refractivity contribution < 1.29 is 9.59 Å². The third-order valence-electron chi connectivity index (χ3n) is 2.92. The largest absolute Gasteiger partial charge is 0.325 e. The number of hydrogen-bond acceptors (Lipinski definition) is 4. The van der Waals surface area contributed by atoms with Gasteiger partial charge in [-0.2, -0.15) is 0 Å². The van der Waals surface area contributed by atoms with Crippen LogP contribution in [0.4, 0.5) is 5.69 Å². The third-order valence-corrected chi connectivity index (χ3v) is 3.16. The molecule has 0 atom stereocenters. The first-order valence-corrected chi connectivity index (χ1v) is 7.09. The fourth-order valence-electron chi connectivity index (χ4n) is 1.66. The van der Waals surface area contributed by atoms with Gasteiger partial charge in [-0.05, 0) is 24.3 Å². The quantitative estimate of drug-likeness (QED) is 0.881. The Hall–Kier alpha value is -2.27. The lowest BCUT2D eigenvalue weighted by Gasteiger charge is -2.19. The highest BCUT2D eigenvalue weighted by atomic mass is 35.5. The van der Waals surface area contributed by atoms with Gasteiger partial charge in [0.15, 0.2) is 0 Å². The van der Waals surface area contributed by atoms with Crippen molar-refractivity contribution in [3.05, 3.63) is 53.1 Å². The van der Waals surface area contributed by atoms with Crippen molar-refractivity contribution in [2.45, 2.75) is 20.8 Å². The molecule has 1 aromatic carbocycles. The van der Waals surface area contributed by atoms with E-state index in [4.69, 9.17) is 11.6 Å². The summed E-state index contributed by atoms with van der Waals surface area (Å²) in [6.07, 6.45) is 2.97. The number of nitrogens with zero attached hydrogens (tertiary/aromatic N) is 2. The van der Waals surface area contributed by atoms with Crippen LogP contribution in [-0.2, 0) is 4.79 Å². The van der Waals surface area contributed by atoms with E-state index in [1.165, 1.54) is 18.5 Å². The van der Waals surface area contributed by atoms with Gasteiger partial charge in [0.1, 0.15) is 0 Å². The Bertz CT molecular complexity index is 709. The number of rotatable bonds is 3. The van der Waals surface area contributed by atoms with Crippen molar-refractivity contribution in [3.8, 4) is 0 Å². The molecule has 0 bridgehead atoms. The van der Waals surface area contributed by atoms with E-state index in [2.05, 4.69) is 15.3 Å². The first-order valence-electron chi connectivity index (χ1n) is 6.72. The first kappa shape index (κ1) is 16.1. The van der Waals surface area contributed by atoms with E-state index in [0.29, 0.717) is 10.7 Å². The molecular formula is C16H16ClN3O2. The number of amides is 1. The van der Waals surface area contributed by atoms with Crippen molar-refractivity contribution in [3.63, 3.8) is 0 Å². The van der Waals surface area contributed by atoms with Crippen LogP contribution in [-0.4, -0.2) is 21.7 Å². The van der Waals surface area contributed by atoms with Crippen LogP contribution in [0.3, 0.4) is 0 Å². The number of carbonyl (C=O) groups is 2. The molecule has 0 saturated heterocycles. The van der Waals surface area contributed by atoms with Crippen molar-refractivity contribution in [2.75, 3.05) is 5.32 Å². The number of benzene rings is 1. The molecule has 1 heterocycles. The Morgan fingerprint density at radius 2 is 1.77 bits per heavy atom. The number of nitrogens with one attached hydrogen (secondary N) is 1. The highest BCUT2D eigenvalue weighted by molar-refractivity contribution is 6.31. The number of ketones is 1. The Balaban J connectivity index is 2.41. The molecule has 0 spiro atoms. The van der Waals surface area contributed by atoms with Crippen LogP contribution >= 0.6 is 11.6 Å². The smallest absolute Gasteiger partial charge is 0.232 e. The average molecular weight is 318 g/mol. The summed E-state index contributed by atoms with van der Waals surface area (Å²) >= 11 is 5.97. The number of aromatic nitrogens is 2. The van der Waals surface area contributed by atoms with Gasteiger partial charge in [-0.15, -0.1) is 0 Å². The highest BCUT2D eigenvalue weighted by Gasteiger charge is 2.24. The SMILES string of the molecule is CC(C)(C)C(=O)Nc1ccc(Cl)cc1C(=O)c1ncccn1. The molecule has 0 radical (unpaired) electrons. The molecule has 0 unspecified atom stereocenters. The normalized spacial score (nSPS) is 11.1. The van der Waals surface area contributed by atoms with Gasteiger partial charge < -0.3 is 5.32 Å². The lowest BCUT2D eigenvalue weighted by atomic mass is 9.95. The molecule has 2 rings (SSSR count). The van der Waals surface area contributed by atoms with Gasteiger partial charge in [0, 0.05) is 22.8 Å². The Kier molecular flexibility index (Phi) is 4.56. The Morgan fingerprint density at radius 3 is 2.36 bits per heavy atom. The molecule has 1 aromatic heterocycles. The third kappa shape index (κ3) is 3.68. The van der Waals surface area contributed by atoms with Crippen LogP contribution in [0.5, 0.6) is 0 Å². The zero-order chi connectivity index (χ0) is 16.3. The van der Waals surface area contributed by atoms with Gasteiger partial charge >= 0.3 is 0 Å². The maximum atomic E-state index is 12.5. The van der Waals surface area contributed by atoms with E-state index in [1.807, 2.05) is 0 Å². The lowest BCUT2D eigenvalue weighted by molar-refractivity contribution is -0.123. The average Bonchev–Trinajstić information content (AvgIpc) is 2.48. The standard InChI is InChI=1S/C16H16ClN3O2/c1-16(2,3)15(22)20-12-6-5-10(17)9-11(12)13(21)14-18-7-4-8-19-14/h4-9H,1-3H3,(H,20,22). The molecule has 0 aliphatic rings. The summed E-state index contributed by atoms with van der Waals surface area (Å²) in [5.41, 5.74) is 0.0708. The lowest BCUT2D eigenvalue weighted by Crippen LogP contribution is -2.28. The molecule has 5 nitrogen and oxygen atoms in total. The predicted molar refractivity (Wildman–Crippen MR) is 85.0 cm³/mol. The van der Waals surface area contributed by atoms with Gasteiger partial charge in [0.05, 0.1) is 11.3 Å². The fraction of sp³-hybridized carbons (Fsp3) is 0.250. The van der Waals surface area contributed by atoms with Gasteiger partial charge in [-0.1, -0.05) is 32.4 Å². The Morgan fingerprint density at radius 1 is 1.14 bits per heavy atom. The summed E-state index contributed by atoms with van der Waals surface area (Å²) in [6.45, 7) is 5.38. The van der Waals surface area contributed by atoms with Gasteiger partial charge in [0.25, 0.3) is 0 Å². The van der Waals surface area contributed by atoms with E-state index in [9.17, 15) is 9.59 Å². The molecule has 0 aliphatic carbocycles. The fourth-order valence-corrected chi connectivity index (χ4v) is 1.83. The van der Waals surface area contributed by atoms with Crippen molar-refractivity contribution in [1.82, 2.24) is 9.97 Å². The van der Waals surface area contributed by atoms with E-state index < -0.39 is 11.2 Å². The molecule has 0 fully saturated rings. The minimum Gasteiger partial charge on any atom is -0.325 e. The number of hydrogen-bond donors (Lipinski definition) is 1. The van der Waals surface area contributed by atoms with E-state index in [-0.39, 0.29) is 17.3 Å². The van der Waals surface area contributed by atoms with E-state index >= 15 is 0 Å². The molecule has 1 N–H and O–H groups in total. The molecule has 0 aliphatic heterocycles. The predicted octanol–water partition coefficient (Wildman–Crippen LogP) is 3.35. The second-order valence-corrected chi connectivity index (χ2v) is 6.23. The first-order chi connectivity index (χ1) is 10.3. The molecular weight excluding hydrogens is 302 g/mol. The minimum absolute atomic E-state index is 0.0519. The summed E-state index contributed by atoms with van der Waals surface area (Å²) < 4.78 is 0. The zero-order valence-electron chi connectivity index (χ0n) is 12.6. The molecule has 22 heavy (non-hydrogen) atoms. The van der Waals surface area contributed by atoms with Crippen LogP contribution in [0.25, 0.3) is 0 Å². The summed E-state index contributed by atoms with van der Waals surface area (Å²) in [6, 6.07) is 6.33. The van der Waals surface area contributed by atoms with Crippen LogP contribution in [0.2, 0.25) is 5.02 Å². The highest BCUT2D eigenvalue weighted by Crippen LogP contribution is 2.25. The van der Waals surface area contributed by atoms with Gasteiger partial charge in [-0.3, -0.25) is 9.59 Å². The zero-order valence-corrected chi connectivity index (χ0v) is 13.3. The number of anilines is 1. The van der Waals surface area contributed by atoms with Gasteiger partial charge in [0.2, 0.25) is 17.5 Å². The minimum atomic E-state index is -0.580. The second kappa shape index (κ2) is 6.23. The van der Waals surface area contributed by atoms with E-state index in [1.54, 1.807) is 39.0 Å². The van der Waals surface area contributed by atoms with Crippen LogP contribution in [0.1, 0.15) is 37.0 Å². The topological polar surface area (TPSA) is 72.0 Å². The van der Waals surface area contributed by atoms with Crippen molar-refractivity contribution in [2.24, 2.45) is 5.41 Å². The van der Waals surface area contributed by atoms with Crippen molar-refractivity contribution >= 4 is 29.0 Å². The molecule has 1 amide bonds. The summed E-state index contributed by atoms with van der Waals surface area (Å²) in [7, 11) is 0. The summed E-state index contributed by atoms with van der Waals surface area (Å²) in [4.78, 5) is 32.5. The maximum absolute atomic E-state index is 12.5. The van der Waals surface area contributed by atoms with Crippen LogP contribution in [0.15, 0.2) is 36.7 Å². The monoisotopic (exact) mass is 317 g/mol. The summed E-state index contributed by atoms with van der Waals surface area (Å²) in [5.74, 6) is -0.541. The van der Waals surface area contributed by atoms with Crippen LogP contribution < -0.4 is 5.32 Å². The molecule has 2 aromatic rings. The maximum Gasteiger partial charge on any atom is 0.232 e. The number of halogens is 1. The van der Waals surface area contributed by atoms with E-state index in [0.717, 1.165) is 0 Å². The second-order valence-electron chi connectivity index (χ2n) is 5.80. The molecule has 6 heteroatoms. The molecule has 0 saturated carbocycles. The molecule has 114 valence electrons. The Labute approximate surface area is 133 Å². The van der Waals surface area contributed by atoms with Crippen LogP contribution in [0, 0.1) is 5.41 Å².